The highest BCUT2D eigenvalue weighted by Gasteiger charge is 2.30. The first-order valence-corrected chi connectivity index (χ1v) is 9.53. The molecule has 2 aromatic heterocycles. The van der Waals surface area contributed by atoms with Crippen LogP contribution < -0.4 is 16.2 Å². The standard InChI is InChI=1S/C21H25N5O2/c1-13-19(14(2)25-24-13)12-18-8-9-20(28-18)21(27)23-16-4-6-17(7-5-16)26-11-10-22-15(26)3/h4-11,13-14,19,24-25H,12H2,1-3H3,(H,23,27). The second kappa shape index (κ2) is 7.61. The number of nitrogens with one attached hydrogen (secondary N) is 3. The van der Waals surface area contributed by atoms with Gasteiger partial charge in [0.05, 0.1) is 0 Å². The van der Waals surface area contributed by atoms with Crippen LogP contribution in [0.2, 0.25) is 0 Å². The molecule has 1 aliphatic rings. The normalized spacial score (nSPS) is 21.8. The first-order chi connectivity index (χ1) is 13.5. The van der Waals surface area contributed by atoms with Gasteiger partial charge in [0.1, 0.15) is 11.6 Å². The van der Waals surface area contributed by atoms with Crippen molar-refractivity contribution in [3.63, 3.8) is 0 Å². The molecule has 0 aliphatic carbocycles. The Balaban J connectivity index is 1.40. The van der Waals surface area contributed by atoms with Crippen LogP contribution in [-0.4, -0.2) is 27.5 Å². The fourth-order valence-corrected chi connectivity index (χ4v) is 3.65. The maximum atomic E-state index is 12.5. The topological polar surface area (TPSA) is 84.1 Å². The first-order valence-electron chi connectivity index (χ1n) is 9.53. The fourth-order valence-electron chi connectivity index (χ4n) is 3.65. The van der Waals surface area contributed by atoms with E-state index >= 15 is 0 Å². The van der Waals surface area contributed by atoms with Crippen molar-refractivity contribution in [2.75, 3.05) is 5.32 Å². The van der Waals surface area contributed by atoms with Crippen LogP contribution in [0.3, 0.4) is 0 Å². The van der Waals surface area contributed by atoms with Gasteiger partial charge in [0.15, 0.2) is 5.76 Å². The number of benzene rings is 1. The molecule has 3 aromatic rings. The van der Waals surface area contributed by atoms with Crippen molar-refractivity contribution < 1.29 is 9.21 Å². The predicted molar refractivity (Wildman–Crippen MR) is 107 cm³/mol. The van der Waals surface area contributed by atoms with E-state index in [1.54, 1.807) is 12.3 Å². The SMILES string of the molecule is Cc1nccn1-c1ccc(NC(=O)c2ccc(CC3C(C)NNC3C)o2)cc1. The van der Waals surface area contributed by atoms with Crippen molar-refractivity contribution in [2.24, 2.45) is 5.92 Å². The number of aromatic nitrogens is 2. The minimum atomic E-state index is -0.249. The smallest absolute Gasteiger partial charge is 0.291 e. The second-order valence-electron chi connectivity index (χ2n) is 7.35. The molecule has 1 saturated heterocycles. The van der Waals surface area contributed by atoms with Crippen molar-refractivity contribution in [1.82, 2.24) is 20.4 Å². The predicted octanol–water partition coefficient (Wildman–Crippen LogP) is 3.07. The molecule has 0 radical (unpaired) electrons. The lowest BCUT2D eigenvalue weighted by Crippen LogP contribution is -2.30. The summed E-state index contributed by atoms with van der Waals surface area (Å²) in [6.45, 7) is 6.24. The molecule has 3 N–H and O–H groups in total. The van der Waals surface area contributed by atoms with Gasteiger partial charge < -0.3 is 14.3 Å². The molecular weight excluding hydrogens is 354 g/mol. The Bertz CT molecular complexity index is 949. The van der Waals surface area contributed by atoms with E-state index in [0.717, 1.165) is 29.4 Å². The number of hydrogen-bond donors (Lipinski definition) is 3. The van der Waals surface area contributed by atoms with Crippen molar-refractivity contribution in [3.8, 4) is 5.69 Å². The number of carbonyl (C=O) groups excluding carboxylic acids is 1. The zero-order valence-corrected chi connectivity index (χ0v) is 16.3. The molecule has 7 nitrogen and oxygen atoms in total. The van der Waals surface area contributed by atoms with Gasteiger partial charge in [-0.25, -0.2) is 4.98 Å². The van der Waals surface area contributed by atoms with Crippen LogP contribution in [0.15, 0.2) is 53.2 Å². The molecule has 2 atom stereocenters. The maximum absolute atomic E-state index is 12.5. The lowest BCUT2D eigenvalue weighted by Gasteiger charge is -2.15. The monoisotopic (exact) mass is 379 g/mol. The minimum Gasteiger partial charge on any atom is -0.456 e. The summed E-state index contributed by atoms with van der Waals surface area (Å²) in [7, 11) is 0. The van der Waals surface area contributed by atoms with Crippen molar-refractivity contribution in [1.29, 1.82) is 0 Å². The molecule has 1 aliphatic heterocycles. The summed E-state index contributed by atoms with van der Waals surface area (Å²) >= 11 is 0. The molecule has 2 unspecified atom stereocenters. The van der Waals surface area contributed by atoms with E-state index in [2.05, 4.69) is 35.0 Å². The van der Waals surface area contributed by atoms with Crippen LogP contribution in [0.4, 0.5) is 5.69 Å². The molecule has 1 aromatic carbocycles. The summed E-state index contributed by atoms with van der Waals surface area (Å²) in [5.74, 6) is 2.23. The largest absolute Gasteiger partial charge is 0.456 e. The van der Waals surface area contributed by atoms with E-state index in [-0.39, 0.29) is 5.91 Å². The summed E-state index contributed by atoms with van der Waals surface area (Å²) in [6, 6.07) is 12.0. The molecule has 3 heterocycles. The van der Waals surface area contributed by atoms with E-state index in [9.17, 15) is 4.79 Å². The van der Waals surface area contributed by atoms with E-state index < -0.39 is 0 Å². The molecule has 28 heavy (non-hydrogen) atoms. The Morgan fingerprint density at radius 3 is 2.50 bits per heavy atom. The third-order valence-corrected chi connectivity index (χ3v) is 5.37. The van der Waals surface area contributed by atoms with Gasteiger partial charge in [-0.2, -0.15) is 0 Å². The summed E-state index contributed by atoms with van der Waals surface area (Å²) in [5.41, 5.74) is 8.20. The maximum Gasteiger partial charge on any atom is 0.291 e. The number of carbonyl (C=O) groups is 1. The minimum absolute atomic E-state index is 0.249. The average molecular weight is 379 g/mol. The molecule has 0 saturated carbocycles. The molecular formula is C21H25N5O2. The molecule has 0 bridgehead atoms. The molecule has 0 spiro atoms. The van der Waals surface area contributed by atoms with E-state index in [1.807, 2.05) is 48.0 Å². The van der Waals surface area contributed by atoms with E-state index in [1.165, 1.54) is 0 Å². The highest BCUT2D eigenvalue weighted by molar-refractivity contribution is 6.02. The number of furan rings is 1. The Kier molecular flexibility index (Phi) is 5.02. The molecule has 4 rings (SSSR count). The Morgan fingerprint density at radius 2 is 1.86 bits per heavy atom. The third-order valence-electron chi connectivity index (χ3n) is 5.37. The van der Waals surface area contributed by atoms with Crippen molar-refractivity contribution in [2.45, 2.75) is 39.3 Å². The van der Waals surface area contributed by atoms with Gasteiger partial charge in [-0.15, -0.1) is 0 Å². The zero-order chi connectivity index (χ0) is 19.7. The summed E-state index contributed by atoms with van der Waals surface area (Å²) < 4.78 is 7.78. The zero-order valence-electron chi connectivity index (χ0n) is 16.3. The number of nitrogens with zero attached hydrogens (tertiary/aromatic N) is 2. The highest BCUT2D eigenvalue weighted by Crippen LogP contribution is 2.22. The Hall–Kier alpha value is -2.90. The second-order valence-corrected chi connectivity index (χ2v) is 7.35. The van der Waals surface area contributed by atoms with Crippen LogP contribution in [0, 0.1) is 12.8 Å². The summed E-state index contributed by atoms with van der Waals surface area (Å²) in [6.07, 6.45) is 4.46. The highest BCUT2D eigenvalue weighted by atomic mass is 16.3. The number of aryl methyl sites for hydroxylation is 1. The lowest BCUT2D eigenvalue weighted by atomic mass is 9.92. The number of hydrogen-bond acceptors (Lipinski definition) is 5. The van der Waals surface area contributed by atoms with Gasteiger partial charge in [0, 0.05) is 42.3 Å². The van der Waals surface area contributed by atoms with Crippen LogP contribution in [-0.2, 0) is 6.42 Å². The third kappa shape index (κ3) is 3.72. The fraction of sp³-hybridized carbons (Fsp3) is 0.333. The van der Waals surface area contributed by atoms with Gasteiger partial charge in [-0.05, 0) is 63.1 Å². The van der Waals surface area contributed by atoms with Gasteiger partial charge in [0.2, 0.25) is 0 Å². The van der Waals surface area contributed by atoms with Gasteiger partial charge in [-0.1, -0.05) is 0 Å². The molecule has 146 valence electrons. The molecule has 1 fully saturated rings. The van der Waals surface area contributed by atoms with Crippen LogP contribution in [0.25, 0.3) is 5.69 Å². The number of rotatable bonds is 5. The van der Waals surface area contributed by atoms with Gasteiger partial charge in [-0.3, -0.25) is 15.6 Å². The van der Waals surface area contributed by atoms with E-state index in [0.29, 0.717) is 23.8 Å². The Morgan fingerprint density at radius 1 is 1.14 bits per heavy atom. The lowest BCUT2D eigenvalue weighted by molar-refractivity contribution is 0.0994. The first kappa shape index (κ1) is 18.5. The number of anilines is 1. The van der Waals surface area contributed by atoms with Crippen LogP contribution in [0.1, 0.15) is 36.0 Å². The average Bonchev–Trinajstić information content (AvgIpc) is 3.40. The van der Waals surface area contributed by atoms with Crippen LogP contribution >= 0.6 is 0 Å². The van der Waals surface area contributed by atoms with Crippen molar-refractivity contribution >= 4 is 11.6 Å². The number of amides is 1. The summed E-state index contributed by atoms with van der Waals surface area (Å²) in [4.78, 5) is 16.7. The molecule has 7 heteroatoms. The Labute approximate surface area is 164 Å². The summed E-state index contributed by atoms with van der Waals surface area (Å²) in [5, 5.41) is 2.89. The van der Waals surface area contributed by atoms with Gasteiger partial charge >= 0.3 is 0 Å². The number of hydrazine groups is 1. The van der Waals surface area contributed by atoms with Crippen LogP contribution in [0.5, 0.6) is 0 Å². The van der Waals surface area contributed by atoms with E-state index in [4.69, 9.17) is 4.42 Å². The molecule has 1 amide bonds. The number of imidazole rings is 1. The van der Waals surface area contributed by atoms with Gasteiger partial charge in [0.25, 0.3) is 5.91 Å². The quantitative estimate of drug-likeness (QED) is 0.634. The van der Waals surface area contributed by atoms with Crippen molar-refractivity contribution in [3.05, 3.63) is 66.1 Å².